The largest absolute Gasteiger partial charge is 0.452 e. The van der Waals surface area contributed by atoms with E-state index < -0.39 is 12.1 Å². The average Bonchev–Trinajstić information content (AvgIpc) is 2.63. The predicted octanol–water partition coefficient (Wildman–Crippen LogP) is 4.45. The van der Waals surface area contributed by atoms with Crippen molar-refractivity contribution < 1.29 is 18.7 Å². The molecular weight excluding hydrogens is 333 g/mol. The molecule has 138 valence electrons. The van der Waals surface area contributed by atoms with E-state index in [4.69, 9.17) is 4.74 Å². The quantitative estimate of drug-likeness (QED) is 0.745. The van der Waals surface area contributed by atoms with Gasteiger partial charge >= 0.3 is 5.97 Å². The molecule has 0 bridgehead atoms. The van der Waals surface area contributed by atoms with E-state index >= 15 is 0 Å². The van der Waals surface area contributed by atoms with Gasteiger partial charge in [-0.15, -0.1) is 0 Å². The molecule has 2 rings (SSSR count). The van der Waals surface area contributed by atoms with Crippen molar-refractivity contribution >= 4 is 17.6 Å². The topological polar surface area (TPSA) is 55.4 Å². The second-order valence-corrected chi connectivity index (χ2v) is 6.32. The molecule has 0 radical (unpaired) electrons. The number of carbonyl (C=O) groups excluding carboxylic acids is 2. The number of ether oxygens (including phenoxy) is 1. The molecule has 2 atom stereocenters. The molecule has 0 aliphatic heterocycles. The van der Waals surface area contributed by atoms with Crippen LogP contribution in [-0.2, 0) is 20.7 Å². The number of nitrogens with one attached hydrogen (secondary N) is 1. The first-order valence-electron chi connectivity index (χ1n) is 8.74. The monoisotopic (exact) mass is 357 g/mol. The van der Waals surface area contributed by atoms with Gasteiger partial charge in [0.05, 0.1) is 6.42 Å². The number of esters is 1. The van der Waals surface area contributed by atoms with Crippen molar-refractivity contribution in [3.63, 3.8) is 0 Å². The first kappa shape index (κ1) is 19.6. The third kappa shape index (κ3) is 5.41. The molecule has 2 aromatic carbocycles. The minimum atomic E-state index is -0.923. The zero-order chi connectivity index (χ0) is 19.1. The van der Waals surface area contributed by atoms with Crippen molar-refractivity contribution in [1.29, 1.82) is 0 Å². The number of carbonyl (C=O) groups is 2. The van der Waals surface area contributed by atoms with E-state index in [0.717, 1.165) is 17.7 Å². The lowest BCUT2D eigenvalue weighted by Gasteiger charge is -2.18. The Labute approximate surface area is 153 Å². The normalized spacial score (nSPS) is 12.9. The Balaban J connectivity index is 1.95. The molecule has 0 aliphatic carbocycles. The second kappa shape index (κ2) is 9.13. The zero-order valence-corrected chi connectivity index (χ0v) is 15.3. The van der Waals surface area contributed by atoms with Crippen LogP contribution in [0.5, 0.6) is 0 Å². The number of amides is 1. The van der Waals surface area contributed by atoms with Gasteiger partial charge in [0.2, 0.25) is 0 Å². The van der Waals surface area contributed by atoms with E-state index in [9.17, 15) is 14.0 Å². The fraction of sp³-hybridized carbons (Fsp3) is 0.333. The van der Waals surface area contributed by atoms with E-state index in [1.807, 2.05) is 24.3 Å². The lowest BCUT2D eigenvalue weighted by molar-refractivity contribution is -0.152. The summed E-state index contributed by atoms with van der Waals surface area (Å²) in [6.07, 6.45) is 0.0177. The third-order valence-electron chi connectivity index (χ3n) is 4.30. The number of rotatable bonds is 7. The minimum absolute atomic E-state index is 0.0125. The van der Waals surface area contributed by atoms with E-state index in [1.165, 1.54) is 31.2 Å². The highest BCUT2D eigenvalue weighted by Gasteiger charge is 2.20. The number of hydrogen-bond acceptors (Lipinski definition) is 3. The van der Waals surface area contributed by atoms with E-state index in [-0.39, 0.29) is 18.1 Å². The molecule has 1 N–H and O–H groups in total. The van der Waals surface area contributed by atoms with Gasteiger partial charge in [0.15, 0.2) is 6.10 Å². The minimum Gasteiger partial charge on any atom is -0.452 e. The molecule has 1 amide bonds. The average molecular weight is 357 g/mol. The summed E-state index contributed by atoms with van der Waals surface area (Å²) >= 11 is 0. The smallest absolute Gasteiger partial charge is 0.311 e. The zero-order valence-electron chi connectivity index (χ0n) is 15.3. The van der Waals surface area contributed by atoms with Crippen molar-refractivity contribution in [2.75, 3.05) is 5.32 Å². The molecule has 4 nitrogen and oxygen atoms in total. The van der Waals surface area contributed by atoms with Crippen LogP contribution in [0.2, 0.25) is 0 Å². The summed E-state index contributed by atoms with van der Waals surface area (Å²) < 4.78 is 18.1. The Morgan fingerprint density at radius 3 is 2.38 bits per heavy atom. The molecule has 2 aromatic rings. The molecule has 0 spiro atoms. The highest BCUT2D eigenvalue weighted by atomic mass is 19.1. The van der Waals surface area contributed by atoms with E-state index in [0.29, 0.717) is 11.5 Å². The lowest BCUT2D eigenvalue weighted by Crippen LogP contribution is -2.30. The summed E-state index contributed by atoms with van der Waals surface area (Å²) in [5, 5.41) is 2.84. The maximum Gasteiger partial charge on any atom is 0.311 e. The third-order valence-corrected chi connectivity index (χ3v) is 4.30. The number of para-hydroxylation sites is 1. The van der Waals surface area contributed by atoms with Crippen molar-refractivity contribution in [2.24, 2.45) is 0 Å². The number of benzene rings is 2. The summed E-state index contributed by atoms with van der Waals surface area (Å²) in [6.45, 7) is 5.71. The molecule has 0 saturated heterocycles. The molecule has 0 aliphatic rings. The second-order valence-electron chi connectivity index (χ2n) is 6.32. The van der Waals surface area contributed by atoms with Crippen molar-refractivity contribution in [3.05, 3.63) is 65.5 Å². The van der Waals surface area contributed by atoms with Gasteiger partial charge in [-0.05, 0) is 48.6 Å². The van der Waals surface area contributed by atoms with Gasteiger partial charge in [0.25, 0.3) is 5.91 Å². The Bertz CT molecular complexity index is 758. The first-order valence-corrected chi connectivity index (χ1v) is 8.74. The molecule has 0 unspecified atom stereocenters. The highest BCUT2D eigenvalue weighted by molar-refractivity contribution is 5.95. The lowest BCUT2D eigenvalue weighted by atomic mass is 9.97. The molecule has 5 heteroatoms. The van der Waals surface area contributed by atoms with Crippen LogP contribution in [0.4, 0.5) is 10.1 Å². The molecule has 0 aromatic heterocycles. The van der Waals surface area contributed by atoms with Gasteiger partial charge in [0.1, 0.15) is 5.82 Å². The van der Waals surface area contributed by atoms with Crippen molar-refractivity contribution in [1.82, 2.24) is 0 Å². The number of halogens is 1. The molecule has 0 saturated carbocycles. The highest BCUT2D eigenvalue weighted by Crippen LogP contribution is 2.26. The predicted molar refractivity (Wildman–Crippen MR) is 99.4 cm³/mol. The van der Waals surface area contributed by atoms with Gasteiger partial charge in [-0.3, -0.25) is 9.59 Å². The van der Waals surface area contributed by atoms with Crippen LogP contribution >= 0.6 is 0 Å². The summed E-state index contributed by atoms with van der Waals surface area (Å²) in [5.74, 6) is -0.972. The van der Waals surface area contributed by atoms with Crippen molar-refractivity contribution in [2.45, 2.75) is 45.6 Å². The van der Waals surface area contributed by atoms with Crippen molar-refractivity contribution in [3.8, 4) is 0 Å². The molecule has 26 heavy (non-hydrogen) atoms. The molecule has 0 fully saturated rings. The van der Waals surface area contributed by atoms with Crippen LogP contribution in [0.3, 0.4) is 0 Å². The Hall–Kier alpha value is -2.69. The fourth-order valence-corrected chi connectivity index (χ4v) is 2.56. The molecular formula is C21H24FNO3. The number of hydrogen-bond donors (Lipinski definition) is 1. The Morgan fingerprint density at radius 2 is 1.73 bits per heavy atom. The maximum atomic E-state index is 12.9. The standard InChI is InChI=1S/C21H24FNO3/c1-4-14(2)18-7-5-6-8-19(18)23-21(25)15(3)26-20(24)13-16-9-11-17(22)12-10-16/h5-12,14-15H,4,13H2,1-3H3,(H,23,25)/t14-,15-/m0/s1. The van der Waals surface area contributed by atoms with E-state index in [1.54, 1.807) is 0 Å². The van der Waals surface area contributed by atoms with Gasteiger partial charge in [-0.25, -0.2) is 4.39 Å². The van der Waals surface area contributed by atoms with Gasteiger partial charge in [-0.1, -0.05) is 44.2 Å². The van der Waals surface area contributed by atoms with Gasteiger partial charge < -0.3 is 10.1 Å². The maximum absolute atomic E-state index is 12.9. The van der Waals surface area contributed by atoms with Gasteiger partial charge in [0, 0.05) is 5.69 Å². The van der Waals surface area contributed by atoms with Crippen LogP contribution in [0.15, 0.2) is 48.5 Å². The van der Waals surface area contributed by atoms with Crippen LogP contribution in [0.25, 0.3) is 0 Å². The summed E-state index contributed by atoms with van der Waals surface area (Å²) in [4.78, 5) is 24.4. The van der Waals surface area contributed by atoms with Crippen LogP contribution < -0.4 is 5.32 Å². The molecule has 0 heterocycles. The summed E-state index contributed by atoms with van der Waals surface area (Å²) in [6, 6.07) is 13.2. The SMILES string of the molecule is CC[C@H](C)c1ccccc1NC(=O)[C@H](C)OC(=O)Cc1ccc(F)cc1. The Morgan fingerprint density at radius 1 is 1.08 bits per heavy atom. The first-order chi connectivity index (χ1) is 12.4. The van der Waals surface area contributed by atoms with Crippen LogP contribution in [0.1, 0.15) is 44.2 Å². The Kier molecular flexibility index (Phi) is 6.89. The van der Waals surface area contributed by atoms with Crippen LogP contribution in [0, 0.1) is 5.82 Å². The van der Waals surface area contributed by atoms with Crippen LogP contribution in [-0.4, -0.2) is 18.0 Å². The van der Waals surface area contributed by atoms with E-state index in [2.05, 4.69) is 19.2 Å². The van der Waals surface area contributed by atoms with Gasteiger partial charge in [-0.2, -0.15) is 0 Å². The summed E-state index contributed by atoms with van der Waals surface area (Å²) in [5.41, 5.74) is 2.41. The summed E-state index contributed by atoms with van der Waals surface area (Å²) in [7, 11) is 0. The number of anilines is 1. The fourth-order valence-electron chi connectivity index (χ4n) is 2.56.